The van der Waals surface area contributed by atoms with Crippen LogP contribution >= 0.6 is 0 Å². The van der Waals surface area contributed by atoms with E-state index in [1.165, 1.54) is 7.22 Å². The second-order valence-electron chi connectivity index (χ2n) is 4.08. The van der Waals surface area contributed by atoms with Gasteiger partial charge in [-0.1, -0.05) is 0 Å². The van der Waals surface area contributed by atoms with E-state index in [1.54, 1.807) is 0 Å². The average molecular weight is 340 g/mol. The van der Waals surface area contributed by atoms with Crippen molar-refractivity contribution in [2.75, 3.05) is 11.5 Å². The van der Waals surface area contributed by atoms with Crippen LogP contribution in [0.5, 0.6) is 0 Å². The van der Waals surface area contributed by atoms with Crippen molar-refractivity contribution < 1.29 is 0 Å². The molecule has 2 rings (SSSR count). The van der Waals surface area contributed by atoms with Crippen LogP contribution in [0.15, 0.2) is 36.4 Å². The normalized spacial score (nSPS) is 10.5. The zero-order valence-electron chi connectivity index (χ0n) is 10.0. The van der Waals surface area contributed by atoms with Gasteiger partial charge in [-0.05, 0) is 0 Å². The number of hydrogen-bond donors (Lipinski definition) is 2. The average Bonchev–Trinajstić information content (AvgIpc) is 2.31. The van der Waals surface area contributed by atoms with Gasteiger partial charge in [-0.3, -0.25) is 0 Å². The van der Waals surface area contributed by atoms with Crippen molar-refractivity contribution in [3.05, 3.63) is 47.5 Å². The predicted molar refractivity (Wildman–Crippen MR) is 76.2 cm³/mol. The van der Waals surface area contributed by atoms with Gasteiger partial charge in [0.1, 0.15) is 0 Å². The molecule has 2 aromatic carbocycles. The van der Waals surface area contributed by atoms with Gasteiger partial charge in [0, 0.05) is 0 Å². The van der Waals surface area contributed by atoms with E-state index in [-0.39, 0.29) is 0 Å². The standard InChI is InChI=1S/C14H16N2Te/c1-9-5-3-7-11(13(9)15)17-12-8-4-6-10(2)14(12)16/h3-8H,15-16H2,1-2H3. The molecule has 0 spiro atoms. The number of nitrogens with two attached hydrogens (primary N) is 2. The summed E-state index contributed by atoms with van der Waals surface area (Å²) >= 11 is -0.497. The fraction of sp³-hybridized carbons (Fsp3) is 0.143. The van der Waals surface area contributed by atoms with E-state index < -0.39 is 20.9 Å². The maximum absolute atomic E-state index is 6.11. The molecule has 0 fully saturated rings. The number of aryl methyl sites for hydroxylation is 2. The molecule has 88 valence electrons. The monoisotopic (exact) mass is 342 g/mol. The minimum absolute atomic E-state index is 0.497. The van der Waals surface area contributed by atoms with Crippen molar-refractivity contribution in [3.63, 3.8) is 0 Å². The van der Waals surface area contributed by atoms with E-state index in [9.17, 15) is 0 Å². The molecule has 0 radical (unpaired) electrons. The van der Waals surface area contributed by atoms with Gasteiger partial charge in [-0.25, -0.2) is 0 Å². The van der Waals surface area contributed by atoms with Crippen molar-refractivity contribution in [1.82, 2.24) is 0 Å². The van der Waals surface area contributed by atoms with E-state index in [1.807, 2.05) is 26.0 Å². The number of hydrogen-bond acceptors (Lipinski definition) is 2. The van der Waals surface area contributed by atoms with E-state index in [0.717, 1.165) is 22.5 Å². The van der Waals surface area contributed by atoms with Gasteiger partial charge in [0.25, 0.3) is 0 Å². The van der Waals surface area contributed by atoms with Crippen LogP contribution in [0.25, 0.3) is 0 Å². The quantitative estimate of drug-likeness (QED) is 0.636. The van der Waals surface area contributed by atoms with Crippen molar-refractivity contribution in [2.45, 2.75) is 13.8 Å². The topological polar surface area (TPSA) is 52.0 Å². The van der Waals surface area contributed by atoms with E-state index in [0.29, 0.717) is 0 Å². The van der Waals surface area contributed by atoms with Crippen molar-refractivity contribution in [3.8, 4) is 0 Å². The molecule has 0 amide bonds. The van der Waals surface area contributed by atoms with Gasteiger partial charge in [0.05, 0.1) is 0 Å². The molecule has 0 aliphatic rings. The summed E-state index contributed by atoms with van der Waals surface area (Å²) in [6.07, 6.45) is 0. The number of rotatable bonds is 2. The number of nitrogen functional groups attached to an aromatic ring is 2. The molecular weight excluding hydrogens is 324 g/mol. The third kappa shape index (κ3) is 2.57. The molecule has 17 heavy (non-hydrogen) atoms. The molecule has 0 atom stereocenters. The van der Waals surface area contributed by atoms with Gasteiger partial charge < -0.3 is 0 Å². The van der Waals surface area contributed by atoms with Gasteiger partial charge in [-0.2, -0.15) is 0 Å². The zero-order valence-corrected chi connectivity index (χ0v) is 12.4. The van der Waals surface area contributed by atoms with Gasteiger partial charge in [0.2, 0.25) is 0 Å². The number of benzene rings is 2. The Morgan fingerprint density at radius 1 is 0.765 bits per heavy atom. The molecule has 2 aromatic rings. The third-order valence-corrected chi connectivity index (χ3v) is 6.08. The molecule has 0 saturated carbocycles. The van der Waals surface area contributed by atoms with Crippen LogP contribution in [0, 0.1) is 13.8 Å². The number of para-hydroxylation sites is 2. The first-order valence-electron chi connectivity index (χ1n) is 5.47. The molecule has 2 nitrogen and oxygen atoms in total. The summed E-state index contributed by atoms with van der Waals surface area (Å²) in [5.74, 6) is 0. The molecule has 0 saturated heterocycles. The Labute approximate surface area is 112 Å². The SMILES string of the molecule is Cc1cccc([Te]c2cccc(C)c2N)c1N. The van der Waals surface area contributed by atoms with E-state index in [4.69, 9.17) is 11.5 Å². The van der Waals surface area contributed by atoms with Crippen LogP contribution in [0.2, 0.25) is 0 Å². The Hall–Kier alpha value is -1.17. The summed E-state index contributed by atoms with van der Waals surface area (Å²) in [7, 11) is 0. The second-order valence-corrected chi connectivity index (χ2v) is 7.17. The minimum atomic E-state index is -0.497. The summed E-state index contributed by atoms with van der Waals surface area (Å²) < 4.78 is 2.54. The second kappa shape index (κ2) is 4.99. The van der Waals surface area contributed by atoms with Crippen LogP contribution in [-0.2, 0) is 0 Å². The maximum atomic E-state index is 6.11. The Bertz CT molecular complexity index is 500. The first-order valence-corrected chi connectivity index (χ1v) is 7.80. The summed E-state index contributed by atoms with van der Waals surface area (Å²) in [5, 5.41) is 0. The Morgan fingerprint density at radius 3 is 1.59 bits per heavy atom. The molecule has 3 heteroatoms. The molecule has 0 aliphatic carbocycles. The molecular formula is C14H16N2Te. The third-order valence-electron chi connectivity index (χ3n) is 2.79. The van der Waals surface area contributed by atoms with Crippen molar-refractivity contribution in [2.24, 2.45) is 0 Å². The Kier molecular flexibility index (Phi) is 3.61. The first-order chi connectivity index (χ1) is 8.09. The zero-order chi connectivity index (χ0) is 12.4. The predicted octanol–water partition coefficient (Wildman–Crippen LogP) is 1.12. The fourth-order valence-corrected chi connectivity index (χ4v) is 4.66. The van der Waals surface area contributed by atoms with Gasteiger partial charge >= 0.3 is 112 Å². The van der Waals surface area contributed by atoms with Crippen molar-refractivity contribution >= 4 is 39.5 Å². The van der Waals surface area contributed by atoms with Crippen LogP contribution in [-0.4, -0.2) is 20.9 Å². The van der Waals surface area contributed by atoms with Gasteiger partial charge in [0.15, 0.2) is 0 Å². The summed E-state index contributed by atoms with van der Waals surface area (Å²) in [6, 6.07) is 12.5. The molecule has 4 N–H and O–H groups in total. The molecule has 0 unspecified atom stereocenters. The fourth-order valence-electron chi connectivity index (χ4n) is 1.60. The molecule has 0 heterocycles. The van der Waals surface area contributed by atoms with E-state index in [2.05, 4.69) is 24.3 Å². The Balaban J connectivity index is 2.38. The van der Waals surface area contributed by atoms with Gasteiger partial charge in [-0.15, -0.1) is 0 Å². The summed E-state index contributed by atoms with van der Waals surface area (Å²) in [6.45, 7) is 4.09. The van der Waals surface area contributed by atoms with Crippen LogP contribution in [0.1, 0.15) is 11.1 Å². The van der Waals surface area contributed by atoms with Crippen LogP contribution in [0.3, 0.4) is 0 Å². The van der Waals surface area contributed by atoms with Crippen LogP contribution < -0.4 is 18.7 Å². The molecule has 0 aliphatic heterocycles. The molecule has 0 aromatic heterocycles. The van der Waals surface area contributed by atoms with E-state index >= 15 is 0 Å². The molecule has 0 bridgehead atoms. The Morgan fingerprint density at radius 2 is 1.18 bits per heavy atom. The summed E-state index contributed by atoms with van der Waals surface area (Å²) in [5.41, 5.74) is 16.4. The summed E-state index contributed by atoms with van der Waals surface area (Å²) in [4.78, 5) is 0. The first kappa shape index (κ1) is 12.3. The number of anilines is 2. The van der Waals surface area contributed by atoms with Crippen molar-refractivity contribution in [1.29, 1.82) is 0 Å². The van der Waals surface area contributed by atoms with Crippen LogP contribution in [0.4, 0.5) is 11.4 Å².